The van der Waals surface area contributed by atoms with Crippen molar-refractivity contribution in [1.29, 1.82) is 0 Å². The molecule has 8 heteroatoms. The first-order valence-electron chi connectivity index (χ1n) is 9.04. The number of amides is 2. The van der Waals surface area contributed by atoms with E-state index in [0.717, 1.165) is 30.3 Å². The predicted octanol–water partition coefficient (Wildman–Crippen LogP) is 2.34. The molecule has 2 heterocycles. The molecular weight excluding hydrogens is 362 g/mol. The van der Waals surface area contributed by atoms with Gasteiger partial charge >= 0.3 is 0 Å². The molecule has 144 valence electrons. The Morgan fingerprint density at radius 3 is 2.44 bits per heavy atom. The number of nitrogens with zero attached hydrogens (tertiary/aromatic N) is 4. The number of carbonyl (C=O) groups is 2. The van der Waals surface area contributed by atoms with Gasteiger partial charge in [-0.25, -0.2) is 4.98 Å². The average molecular weight is 388 g/mol. The zero-order valence-electron chi connectivity index (χ0n) is 16.1. The first-order valence-corrected chi connectivity index (χ1v) is 9.82. The van der Waals surface area contributed by atoms with Gasteiger partial charge in [0.15, 0.2) is 0 Å². The molecule has 7 nitrogen and oxygen atoms in total. The second-order valence-electron chi connectivity index (χ2n) is 7.14. The van der Waals surface area contributed by atoms with Crippen molar-refractivity contribution in [3.63, 3.8) is 0 Å². The smallest absolute Gasteiger partial charge is 0.253 e. The van der Waals surface area contributed by atoms with Crippen LogP contribution in [0.25, 0.3) is 0 Å². The summed E-state index contributed by atoms with van der Waals surface area (Å²) in [5, 5.41) is 4.07. The highest BCUT2D eigenvalue weighted by Gasteiger charge is 2.28. The molecule has 0 saturated carbocycles. The lowest BCUT2D eigenvalue weighted by molar-refractivity contribution is 0.0826. The van der Waals surface area contributed by atoms with E-state index >= 15 is 0 Å². The van der Waals surface area contributed by atoms with Crippen LogP contribution in [-0.2, 0) is 0 Å². The van der Waals surface area contributed by atoms with Gasteiger partial charge in [-0.15, -0.1) is 0 Å². The Kier molecular flexibility index (Phi) is 5.74. The molecular formula is C19H25N5O2S. The zero-order chi connectivity index (χ0) is 19.6. The van der Waals surface area contributed by atoms with Gasteiger partial charge in [0.2, 0.25) is 5.13 Å². The minimum Gasteiger partial charge on any atom is -0.349 e. The monoisotopic (exact) mass is 387 g/mol. The van der Waals surface area contributed by atoms with E-state index in [-0.39, 0.29) is 23.9 Å². The number of aryl methyl sites for hydroxylation is 1. The van der Waals surface area contributed by atoms with Crippen molar-refractivity contribution in [1.82, 2.24) is 19.6 Å². The zero-order valence-corrected chi connectivity index (χ0v) is 16.9. The molecule has 2 atom stereocenters. The number of hydrogen-bond donors (Lipinski definition) is 1. The summed E-state index contributed by atoms with van der Waals surface area (Å²) in [4.78, 5) is 32.7. The quantitative estimate of drug-likeness (QED) is 0.871. The molecule has 2 aromatic rings. The van der Waals surface area contributed by atoms with Crippen LogP contribution in [0.1, 0.15) is 46.3 Å². The second kappa shape index (κ2) is 8.04. The van der Waals surface area contributed by atoms with Gasteiger partial charge < -0.3 is 15.1 Å². The van der Waals surface area contributed by atoms with E-state index in [1.54, 1.807) is 38.4 Å². The van der Waals surface area contributed by atoms with E-state index < -0.39 is 0 Å². The van der Waals surface area contributed by atoms with E-state index in [9.17, 15) is 9.59 Å². The summed E-state index contributed by atoms with van der Waals surface area (Å²) in [7, 11) is 3.42. The maximum absolute atomic E-state index is 12.5. The maximum atomic E-state index is 12.5. The average Bonchev–Trinajstić information content (AvgIpc) is 3.07. The number of anilines is 1. The van der Waals surface area contributed by atoms with E-state index in [1.165, 1.54) is 16.4 Å². The van der Waals surface area contributed by atoms with Crippen LogP contribution in [-0.4, -0.2) is 58.8 Å². The number of carbonyl (C=O) groups excluding carboxylic acids is 2. The van der Waals surface area contributed by atoms with Crippen LogP contribution >= 0.6 is 11.5 Å². The summed E-state index contributed by atoms with van der Waals surface area (Å²) in [6.07, 6.45) is 1.73. The standard InChI is InChI=1S/C19H25N5O2S/c1-12-11-16(9-10-24(12)19-20-13(2)22-27-19)21-17(25)14-5-7-15(8-6-14)18(26)23(3)4/h5-8,12,16H,9-11H2,1-4H3,(H,21,25). The second-order valence-corrected chi connectivity index (χ2v) is 7.87. The summed E-state index contributed by atoms with van der Waals surface area (Å²) < 4.78 is 4.26. The number of nitrogens with one attached hydrogen (secondary N) is 1. The highest BCUT2D eigenvalue weighted by atomic mass is 32.1. The normalized spacial score (nSPS) is 19.6. The van der Waals surface area contributed by atoms with Gasteiger partial charge in [0.1, 0.15) is 5.82 Å². The molecule has 2 amide bonds. The summed E-state index contributed by atoms with van der Waals surface area (Å²) in [5.41, 5.74) is 1.14. The Labute approximate surface area is 163 Å². The Balaban J connectivity index is 1.58. The molecule has 0 radical (unpaired) electrons. The lowest BCUT2D eigenvalue weighted by atomic mass is 9.98. The number of rotatable bonds is 4. The molecule has 2 unspecified atom stereocenters. The molecule has 3 rings (SSSR count). The number of aromatic nitrogens is 2. The van der Waals surface area contributed by atoms with Crippen LogP contribution in [0.4, 0.5) is 5.13 Å². The molecule has 1 N–H and O–H groups in total. The largest absolute Gasteiger partial charge is 0.349 e. The van der Waals surface area contributed by atoms with Gasteiger partial charge in [-0.1, -0.05) is 0 Å². The lowest BCUT2D eigenvalue weighted by Gasteiger charge is -2.37. The van der Waals surface area contributed by atoms with Crippen LogP contribution in [0.15, 0.2) is 24.3 Å². The lowest BCUT2D eigenvalue weighted by Crippen LogP contribution is -2.49. The van der Waals surface area contributed by atoms with Gasteiger partial charge in [0.25, 0.3) is 11.8 Å². The number of piperidine rings is 1. The fourth-order valence-electron chi connectivity index (χ4n) is 3.28. The van der Waals surface area contributed by atoms with Crippen LogP contribution in [0.2, 0.25) is 0 Å². The summed E-state index contributed by atoms with van der Waals surface area (Å²) in [6, 6.07) is 7.21. The van der Waals surface area contributed by atoms with E-state index in [4.69, 9.17) is 0 Å². The summed E-state index contributed by atoms with van der Waals surface area (Å²) in [6.45, 7) is 4.89. The predicted molar refractivity (Wildman–Crippen MR) is 106 cm³/mol. The van der Waals surface area contributed by atoms with E-state index in [2.05, 4.69) is 26.5 Å². The van der Waals surface area contributed by atoms with Crippen LogP contribution in [0, 0.1) is 6.92 Å². The van der Waals surface area contributed by atoms with Crippen molar-refractivity contribution in [2.24, 2.45) is 0 Å². The molecule has 0 bridgehead atoms. The van der Waals surface area contributed by atoms with Crippen molar-refractivity contribution in [2.45, 2.75) is 38.8 Å². The first-order chi connectivity index (χ1) is 12.8. The fourth-order valence-corrected chi connectivity index (χ4v) is 4.08. The molecule has 1 saturated heterocycles. The van der Waals surface area contributed by atoms with Crippen molar-refractivity contribution in [2.75, 3.05) is 25.5 Å². The third-order valence-electron chi connectivity index (χ3n) is 4.77. The Morgan fingerprint density at radius 2 is 1.89 bits per heavy atom. The van der Waals surface area contributed by atoms with Crippen LogP contribution in [0.3, 0.4) is 0 Å². The molecule has 1 aliphatic rings. The Morgan fingerprint density at radius 1 is 1.22 bits per heavy atom. The molecule has 1 aliphatic heterocycles. The Hall–Kier alpha value is -2.48. The minimum atomic E-state index is -0.101. The highest BCUT2D eigenvalue weighted by molar-refractivity contribution is 7.09. The SMILES string of the molecule is Cc1nsc(N2CCC(NC(=O)c3ccc(C(=O)N(C)C)cc3)CC2C)n1. The van der Waals surface area contributed by atoms with Crippen molar-refractivity contribution in [3.8, 4) is 0 Å². The van der Waals surface area contributed by atoms with Gasteiger partial charge in [0, 0.05) is 55.4 Å². The van der Waals surface area contributed by atoms with Gasteiger partial charge in [-0.3, -0.25) is 9.59 Å². The van der Waals surface area contributed by atoms with Gasteiger partial charge in [-0.2, -0.15) is 4.37 Å². The highest BCUT2D eigenvalue weighted by Crippen LogP contribution is 2.26. The molecule has 0 spiro atoms. The third kappa shape index (κ3) is 4.44. The van der Waals surface area contributed by atoms with Crippen LogP contribution in [0.5, 0.6) is 0 Å². The number of hydrogen-bond acceptors (Lipinski definition) is 6. The fraction of sp³-hybridized carbons (Fsp3) is 0.474. The minimum absolute atomic E-state index is 0.0740. The van der Waals surface area contributed by atoms with E-state index in [1.807, 2.05) is 6.92 Å². The molecule has 0 aliphatic carbocycles. The van der Waals surface area contributed by atoms with Crippen molar-refractivity contribution < 1.29 is 9.59 Å². The van der Waals surface area contributed by atoms with Crippen LogP contribution < -0.4 is 10.2 Å². The summed E-state index contributed by atoms with van der Waals surface area (Å²) >= 11 is 1.42. The van der Waals surface area contributed by atoms with Gasteiger partial charge in [0.05, 0.1) is 0 Å². The van der Waals surface area contributed by atoms with Crippen molar-refractivity contribution >= 4 is 28.5 Å². The molecule has 27 heavy (non-hydrogen) atoms. The first kappa shape index (κ1) is 19.3. The molecule has 1 aromatic carbocycles. The van der Waals surface area contributed by atoms with Gasteiger partial charge in [-0.05, 0) is 51.0 Å². The molecule has 1 fully saturated rings. The third-order valence-corrected chi connectivity index (χ3v) is 5.62. The maximum Gasteiger partial charge on any atom is 0.253 e. The van der Waals surface area contributed by atoms with E-state index in [0.29, 0.717) is 11.1 Å². The van der Waals surface area contributed by atoms with Crippen molar-refractivity contribution in [3.05, 3.63) is 41.2 Å². The Bertz CT molecular complexity index is 818. The number of benzene rings is 1. The molecule has 1 aromatic heterocycles. The topological polar surface area (TPSA) is 78.4 Å². The summed E-state index contributed by atoms with van der Waals surface area (Å²) in [5.74, 6) is 0.625.